The number of hydrogen-bond donors (Lipinski definition) is 2. The van der Waals surface area contributed by atoms with Crippen molar-refractivity contribution in [2.45, 2.75) is 0 Å². The van der Waals surface area contributed by atoms with Crippen molar-refractivity contribution in [1.82, 2.24) is 9.78 Å². The first-order valence-corrected chi connectivity index (χ1v) is 5.97. The van der Waals surface area contributed by atoms with Crippen molar-refractivity contribution in [3.05, 3.63) is 39.9 Å². The number of carboxylic acid groups (broad SMARTS) is 1. The zero-order chi connectivity index (χ0) is 15.0. The number of benzene rings is 1. The Balaban J connectivity index is 0.00000220. The third-order valence-corrected chi connectivity index (χ3v) is 3.14. The number of rotatable bonds is 3. The molecule has 7 nitrogen and oxygen atoms in total. The Labute approximate surface area is 169 Å². The number of nitrogen functional groups attached to an aromatic ring is 1. The molecule has 0 atom stereocenters. The van der Waals surface area contributed by atoms with Crippen LogP contribution in [0.4, 0.5) is 10.1 Å². The van der Waals surface area contributed by atoms with Crippen LogP contribution in [0.3, 0.4) is 0 Å². The van der Waals surface area contributed by atoms with Gasteiger partial charge in [0.2, 0.25) is 0 Å². The molecule has 1 amide bonds. The van der Waals surface area contributed by atoms with Gasteiger partial charge in [-0.25, -0.2) is 9.07 Å². The van der Waals surface area contributed by atoms with Gasteiger partial charge in [0.05, 0.1) is 21.8 Å². The molecule has 1 aromatic heterocycles. The number of carbonyl (C=O) groups excluding carboxylic acids is 2. The van der Waals surface area contributed by atoms with Gasteiger partial charge >= 0.3 is 51.4 Å². The first-order chi connectivity index (χ1) is 9.32. The number of amides is 1. The van der Waals surface area contributed by atoms with Crippen LogP contribution in [0.25, 0.3) is 5.69 Å². The third-order valence-electron chi connectivity index (χ3n) is 2.50. The molecule has 21 heavy (non-hydrogen) atoms. The van der Waals surface area contributed by atoms with Gasteiger partial charge in [0.25, 0.3) is 5.91 Å². The van der Waals surface area contributed by atoms with Gasteiger partial charge < -0.3 is 21.4 Å². The van der Waals surface area contributed by atoms with Crippen molar-refractivity contribution in [2.24, 2.45) is 5.73 Å². The molecule has 104 valence electrons. The van der Waals surface area contributed by atoms with Crippen molar-refractivity contribution >= 4 is 33.5 Å². The van der Waals surface area contributed by atoms with Crippen LogP contribution in [0.15, 0.2) is 22.7 Å². The number of carboxylic acids is 1. The molecule has 10 heteroatoms. The summed E-state index contributed by atoms with van der Waals surface area (Å²) in [7, 11) is 0. The van der Waals surface area contributed by atoms with Crippen molar-refractivity contribution in [3.8, 4) is 5.69 Å². The average Bonchev–Trinajstić information content (AvgIpc) is 2.70. The minimum Gasteiger partial charge on any atom is -0.543 e. The molecule has 0 saturated carbocycles. The second kappa shape index (κ2) is 6.98. The number of aromatic nitrogens is 2. The van der Waals surface area contributed by atoms with Crippen molar-refractivity contribution in [2.75, 3.05) is 5.73 Å². The fraction of sp³-hybridized carbons (Fsp3) is 0. The average molecular weight is 381 g/mol. The third kappa shape index (κ3) is 3.52. The van der Waals surface area contributed by atoms with Gasteiger partial charge in [0.1, 0.15) is 11.5 Å². The van der Waals surface area contributed by atoms with Gasteiger partial charge in [-0.05, 0) is 28.1 Å². The molecule has 1 heterocycles. The maximum absolute atomic E-state index is 13.5. The summed E-state index contributed by atoms with van der Waals surface area (Å²) in [6.07, 6.45) is 0. The van der Waals surface area contributed by atoms with E-state index in [1.165, 1.54) is 12.1 Å². The van der Waals surface area contributed by atoms with Gasteiger partial charge in [-0.2, -0.15) is 5.10 Å². The summed E-state index contributed by atoms with van der Waals surface area (Å²) in [5, 5.41) is 14.8. The maximum atomic E-state index is 13.5. The van der Waals surface area contributed by atoms with Crippen LogP contribution in [-0.2, 0) is 0 Å². The summed E-state index contributed by atoms with van der Waals surface area (Å²) < 4.78 is 14.5. The molecule has 0 saturated heterocycles. The number of hydrogen-bond acceptors (Lipinski definition) is 5. The van der Waals surface area contributed by atoms with Crippen LogP contribution >= 0.6 is 15.9 Å². The zero-order valence-corrected chi connectivity index (χ0v) is 15.5. The molecule has 2 rings (SSSR count). The summed E-state index contributed by atoms with van der Waals surface area (Å²) in [6.45, 7) is 0. The Kier molecular flexibility index (Phi) is 6.07. The molecule has 0 bridgehead atoms. The van der Waals surface area contributed by atoms with Crippen LogP contribution in [0.2, 0.25) is 0 Å². The molecule has 0 aliphatic heterocycles. The van der Waals surface area contributed by atoms with Crippen LogP contribution in [-0.4, -0.2) is 21.7 Å². The summed E-state index contributed by atoms with van der Waals surface area (Å²) in [5.41, 5.74) is 9.18. The van der Waals surface area contributed by atoms with Gasteiger partial charge in [0, 0.05) is 6.07 Å². The van der Waals surface area contributed by atoms with Gasteiger partial charge in [-0.15, -0.1) is 0 Å². The first-order valence-electron chi connectivity index (χ1n) is 5.18. The number of nitrogens with two attached hydrogens (primary N) is 2. The van der Waals surface area contributed by atoms with Crippen molar-refractivity contribution in [1.29, 1.82) is 0 Å². The zero-order valence-electron chi connectivity index (χ0n) is 10.8. The largest absolute Gasteiger partial charge is 1.00 e. The molecule has 0 spiro atoms. The number of primary amides is 1. The SMILES string of the molecule is NC(=O)c1nn(-c2ccc(Br)c(F)c2)c(C(=O)[O-])c1N.[K+]. The van der Waals surface area contributed by atoms with Crippen LogP contribution in [0, 0.1) is 5.82 Å². The van der Waals surface area contributed by atoms with Crippen molar-refractivity contribution < 1.29 is 70.5 Å². The minimum absolute atomic E-state index is 0. The van der Waals surface area contributed by atoms with Gasteiger partial charge in [0.15, 0.2) is 5.69 Å². The summed E-state index contributed by atoms with van der Waals surface area (Å²) in [4.78, 5) is 22.2. The van der Waals surface area contributed by atoms with E-state index in [1.807, 2.05) is 0 Å². The number of halogens is 2. The van der Waals surface area contributed by atoms with E-state index in [1.54, 1.807) is 0 Å². The summed E-state index contributed by atoms with van der Waals surface area (Å²) >= 11 is 2.96. The van der Waals surface area contributed by atoms with E-state index >= 15 is 0 Å². The molecule has 1 aromatic carbocycles. The normalized spacial score (nSPS) is 10.0. The van der Waals surface area contributed by atoms with Crippen LogP contribution < -0.4 is 68.0 Å². The molecular weight excluding hydrogens is 374 g/mol. The fourth-order valence-electron chi connectivity index (χ4n) is 1.61. The van der Waals surface area contributed by atoms with E-state index in [4.69, 9.17) is 11.5 Å². The maximum Gasteiger partial charge on any atom is 1.00 e. The fourth-order valence-corrected chi connectivity index (χ4v) is 1.86. The first kappa shape index (κ1) is 18.3. The quantitative estimate of drug-likeness (QED) is 0.542. The standard InChI is InChI=1S/C11H8BrFN4O3.K/c12-5-2-1-4(3-6(5)13)17-9(11(19)20)7(14)8(16-17)10(15)18;/h1-3H,14H2,(H2,15,18)(H,19,20);/q;+1/p-1. The van der Waals surface area contributed by atoms with Crippen molar-refractivity contribution in [3.63, 3.8) is 0 Å². The smallest absolute Gasteiger partial charge is 0.543 e. The van der Waals surface area contributed by atoms with E-state index in [9.17, 15) is 19.1 Å². The predicted octanol–water partition coefficient (Wildman–Crippen LogP) is -3.18. The molecule has 4 N–H and O–H groups in total. The van der Waals surface area contributed by atoms with E-state index in [-0.39, 0.29) is 61.5 Å². The molecule has 0 fully saturated rings. The second-order valence-corrected chi connectivity index (χ2v) is 4.63. The Hall–Kier alpha value is -0.784. The van der Waals surface area contributed by atoms with Crippen LogP contribution in [0.1, 0.15) is 21.0 Å². The Morgan fingerprint density at radius 1 is 1.38 bits per heavy atom. The van der Waals surface area contributed by atoms with Crippen LogP contribution in [0.5, 0.6) is 0 Å². The summed E-state index contributed by atoms with van der Waals surface area (Å²) in [6, 6.07) is 3.76. The molecule has 0 radical (unpaired) electrons. The second-order valence-electron chi connectivity index (χ2n) is 3.77. The molecule has 0 aliphatic rings. The van der Waals surface area contributed by atoms with Gasteiger partial charge in [-0.1, -0.05) is 0 Å². The molecule has 2 aromatic rings. The topological polar surface area (TPSA) is 127 Å². The minimum atomic E-state index is -1.66. The molecule has 0 unspecified atom stereocenters. The number of carbonyl (C=O) groups is 2. The van der Waals surface area contributed by atoms with E-state index < -0.39 is 34.8 Å². The number of aromatic carboxylic acids is 1. The van der Waals surface area contributed by atoms with Gasteiger partial charge in [-0.3, -0.25) is 4.79 Å². The monoisotopic (exact) mass is 380 g/mol. The Morgan fingerprint density at radius 3 is 2.48 bits per heavy atom. The summed E-state index contributed by atoms with van der Waals surface area (Å²) in [5.74, 6) is -3.30. The van der Waals surface area contributed by atoms with E-state index in [0.717, 1.165) is 10.7 Å². The van der Waals surface area contributed by atoms with E-state index in [2.05, 4.69) is 21.0 Å². The Morgan fingerprint density at radius 2 is 2.00 bits per heavy atom. The Bertz CT molecular complexity index is 734. The number of anilines is 1. The number of nitrogens with zero attached hydrogens (tertiary/aromatic N) is 2. The molecular formula is C11H7BrFKN4O3. The molecule has 0 aliphatic carbocycles. The van der Waals surface area contributed by atoms with E-state index in [0.29, 0.717) is 0 Å². The predicted molar refractivity (Wildman–Crippen MR) is 68.5 cm³/mol.